The molecule has 0 fully saturated rings. The SMILES string of the molecule is CN(C)C(=O)c1ccc(N)cc1NCCS(N)(=O)=O. The van der Waals surface area contributed by atoms with Crippen molar-refractivity contribution in [1.82, 2.24) is 4.90 Å². The maximum Gasteiger partial charge on any atom is 0.255 e. The van der Waals surface area contributed by atoms with Crippen molar-refractivity contribution in [3.8, 4) is 0 Å². The molecule has 19 heavy (non-hydrogen) atoms. The first-order valence-corrected chi connectivity index (χ1v) is 7.28. The third kappa shape index (κ3) is 4.76. The molecule has 0 spiro atoms. The second kappa shape index (κ2) is 5.89. The topological polar surface area (TPSA) is 119 Å². The van der Waals surface area contributed by atoms with Crippen molar-refractivity contribution in [2.75, 3.05) is 37.4 Å². The van der Waals surface area contributed by atoms with Crippen LogP contribution in [0.2, 0.25) is 0 Å². The van der Waals surface area contributed by atoms with Crippen LogP contribution in [0.25, 0.3) is 0 Å². The molecule has 7 nitrogen and oxygen atoms in total. The molecule has 5 N–H and O–H groups in total. The summed E-state index contributed by atoms with van der Waals surface area (Å²) in [5.74, 6) is -0.421. The van der Waals surface area contributed by atoms with E-state index in [0.717, 1.165) is 0 Å². The van der Waals surface area contributed by atoms with Crippen molar-refractivity contribution >= 4 is 27.3 Å². The lowest BCUT2D eigenvalue weighted by Gasteiger charge is -2.15. The average molecular weight is 286 g/mol. The first-order chi connectivity index (χ1) is 8.70. The number of nitrogen functional groups attached to an aromatic ring is 1. The number of amides is 1. The van der Waals surface area contributed by atoms with Crippen LogP contribution in [0.1, 0.15) is 10.4 Å². The number of hydrogen-bond donors (Lipinski definition) is 3. The number of primary sulfonamides is 1. The Kier molecular flexibility index (Phi) is 4.73. The first-order valence-electron chi connectivity index (χ1n) is 5.56. The number of rotatable bonds is 5. The highest BCUT2D eigenvalue weighted by molar-refractivity contribution is 7.89. The zero-order valence-electron chi connectivity index (χ0n) is 10.9. The Balaban J connectivity index is 2.92. The Hall–Kier alpha value is -1.80. The van der Waals surface area contributed by atoms with Crippen LogP contribution in [0.4, 0.5) is 11.4 Å². The number of anilines is 2. The maximum atomic E-state index is 11.9. The van der Waals surface area contributed by atoms with Crippen LogP contribution in [0.3, 0.4) is 0 Å². The molecule has 0 aliphatic rings. The Bertz CT molecular complexity index is 569. The summed E-state index contributed by atoms with van der Waals surface area (Å²) < 4.78 is 21.7. The number of nitrogens with two attached hydrogens (primary N) is 2. The molecule has 1 aromatic carbocycles. The molecule has 0 aliphatic heterocycles. The van der Waals surface area contributed by atoms with E-state index >= 15 is 0 Å². The van der Waals surface area contributed by atoms with Gasteiger partial charge in [-0.3, -0.25) is 4.79 Å². The van der Waals surface area contributed by atoms with E-state index in [4.69, 9.17) is 10.9 Å². The van der Waals surface area contributed by atoms with Gasteiger partial charge in [0, 0.05) is 32.0 Å². The van der Waals surface area contributed by atoms with E-state index in [1.807, 2.05) is 0 Å². The zero-order chi connectivity index (χ0) is 14.6. The molecule has 0 aromatic heterocycles. The highest BCUT2D eigenvalue weighted by Gasteiger charge is 2.13. The molecule has 0 radical (unpaired) electrons. The highest BCUT2D eigenvalue weighted by atomic mass is 32.2. The summed E-state index contributed by atoms with van der Waals surface area (Å²) in [5, 5.41) is 7.77. The van der Waals surface area contributed by atoms with Gasteiger partial charge < -0.3 is 16.0 Å². The van der Waals surface area contributed by atoms with Crippen LogP contribution in [-0.4, -0.2) is 45.6 Å². The van der Waals surface area contributed by atoms with Gasteiger partial charge in [-0.05, 0) is 18.2 Å². The van der Waals surface area contributed by atoms with Crippen LogP contribution in [-0.2, 0) is 10.0 Å². The van der Waals surface area contributed by atoms with Gasteiger partial charge in [0.15, 0.2) is 0 Å². The van der Waals surface area contributed by atoms with Gasteiger partial charge in [-0.2, -0.15) is 0 Å². The van der Waals surface area contributed by atoms with Gasteiger partial charge in [-0.15, -0.1) is 0 Å². The summed E-state index contributed by atoms with van der Waals surface area (Å²) in [7, 11) is -0.279. The number of carbonyl (C=O) groups excluding carboxylic acids is 1. The summed E-state index contributed by atoms with van der Waals surface area (Å²) in [6.07, 6.45) is 0. The summed E-state index contributed by atoms with van der Waals surface area (Å²) in [6, 6.07) is 4.79. The lowest BCUT2D eigenvalue weighted by Crippen LogP contribution is -2.25. The number of sulfonamides is 1. The molecule has 0 unspecified atom stereocenters. The van der Waals surface area contributed by atoms with Crippen LogP contribution in [0, 0.1) is 0 Å². The van der Waals surface area contributed by atoms with E-state index in [1.165, 1.54) is 4.90 Å². The molecule has 1 amide bonds. The molecular weight excluding hydrogens is 268 g/mol. The van der Waals surface area contributed by atoms with Gasteiger partial charge in [-0.25, -0.2) is 13.6 Å². The minimum absolute atomic E-state index is 0.107. The molecule has 8 heteroatoms. The predicted octanol–water partition coefficient (Wildman–Crippen LogP) is -0.329. The van der Waals surface area contributed by atoms with Crippen LogP contribution >= 0.6 is 0 Å². The van der Waals surface area contributed by atoms with Gasteiger partial charge in [0.1, 0.15) is 0 Å². The van der Waals surface area contributed by atoms with Crippen molar-refractivity contribution in [3.05, 3.63) is 23.8 Å². The summed E-state index contributed by atoms with van der Waals surface area (Å²) in [4.78, 5) is 13.4. The standard InChI is InChI=1S/C11H18N4O3S/c1-15(2)11(16)9-4-3-8(12)7-10(9)14-5-6-19(13,17)18/h3-4,7,14H,5-6,12H2,1-2H3,(H2,13,17,18). The normalized spacial score (nSPS) is 11.1. The van der Waals surface area contributed by atoms with Gasteiger partial charge in [0.25, 0.3) is 5.91 Å². The third-order valence-electron chi connectivity index (χ3n) is 2.38. The predicted molar refractivity (Wildman–Crippen MR) is 75.3 cm³/mol. The number of nitrogens with zero attached hydrogens (tertiary/aromatic N) is 1. The van der Waals surface area contributed by atoms with Crippen LogP contribution in [0.15, 0.2) is 18.2 Å². The van der Waals surface area contributed by atoms with Crippen molar-refractivity contribution in [2.24, 2.45) is 5.14 Å². The molecule has 0 heterocycles. The van der Waals surface area contributed by atoms with Gasteiger partial charge in [0.2, 0.25) is 10.0 Å². The molecule has 0 aliphatic carbocycles. The largest absolute Gasteiger partial charge is 0.399 e. The maximum absolute atomic E-state index is 11.9. The molecule has 1 aromatic rings. The molecule has 0 bridgehead atoms. The second-order valence-corrected chi connectivity index (χ2v) is 6.03. The number of benzene rings is 1. The van der Waals surface area contributed by atoms with Crippen LogP contribution < -0.4 is 16.2 Å². The monoisotopic (exact) mass is 286 g/mol. The molecular formula is C11H18N4O3S. The highest BCUT2D eigenvalue weighted by Crippen LogP contribution is 2.20. The fourth-order valence-corrected chi connectivity index (χ4v) is 1.85. The zero-order valence-corrected chi connectivity index (χ0v) is 11.7. The van der Waals surface area contributed by atoms with Crippen LogP contribution in [0.5, 0.6) is 0 Å². The Labute approximate surface area is 112 Å². The molecule has 0 saturated heterocycles. The van der Waals surface area contributed by atoms with Crippen molar-refractivity contribution < 1.29 is 13.2 Å². The molecule has 0 atom stereocenters. The average Bonchev–Trinajstić information content (AvgIpc) is 2.26. The van der Waals surface area contributed by atoms with E-state index < -0.39 is 10.0 Å². The van der Waals surface area contributed by atoms with Gasteiger partial charge in [0.05, 0.1) is 11.3 Å². The third-order valence-corrected chi connectivity index (χ3v) is 3.16. The second-order valence-electron chi connectivity index (χ2n) is 4.30. The lowest BCUT2D eigenvalue weighted by atomic mass is 10.1. The molecule has 0 saturated carbocycles. The van der Waals surface area contributed by atoms with Crippen molar-refractivity contribution in [3.63, 3.8) is 0 Å². The quantitative estimate of drug-likeness (QED) is 0.640. The van der Waals surface area contributed by atoms with E-state index in [2.05, 4.69) is 5.32 Å². The minimum Gasteiger partial charge on any atom is -0.399 e. The van der Waals surface area contributed by atoms with Crippen molar-refractivity contribution in [1.29, 1.82) is 0 Å². The Morgan fingerprint density at radius 1 is 1.37 bits per heavy atom. The fraction of sp³-hybridized carbons (Fsp3) is 0.364. The first kappa shape index (κ1) is 15.3. The summed E-state index contributed by atoms with van der Waals surface area (Å²) >= 11 is 0. The number of carbonyl (C=O) groups is 1. The fourth-order valence-electron chi connectivity index (χ4n) is 1.46. The Morgan fingerprint density at radius 2 is 2.00 bits per heavy atom. The number of nitrogens with one attached hydrogen (secondary N) is 1. The Morgan fingerprint density at radius 3 is 2.53 bits per heavy atom. The van der Waals surface area contributed by atoms with E-state index in [1.54, 1.807) is 32.3 Å². The minimum atomic E-state index is -3.54. The van der Waals surface area contributed by atoms with Crippen molar-refractivity contribution in [2.45, 2.75) is 0 Å². The van der Waals surface area contributed by atoms with Gasteiger partial charge in [-0.1, -0.05) is 0 Å². The van der Waals surface area contributed by atoms with Gasteiger partial charge >= 0.3 is 0 Å². The van der Waals surface area contributed by atoms with E-state index in [9.17, 15) is 13.2 Å². The number of hydrogen-bond acceptors (Lipinski definition) is 5. The summed E-state index contributed by atoms with van der Waals surface area (Å²) in [5.41, 5.74) is 7.05. The van der Waals surface area contributed by atoms with E-state index in [0.29, 0.717) is 16.9 Å². The lowest BCUT2D eigenvalue weighted by molar-refractivity contribution is 0.0828. The molecule has 1 rings (SSSR count). The molecule has 106 valence electrons. The van der Waals surface area contributed by atoms with E-state index in [-0.39, 0.29) is 18.2 Å². The summed E-state index contributed by atoms with van der Waals surface area (Å²) in [6.45, 7) is 0.107. The smallest absolute Gasteiger partial charge is 0.255 e.